The second-order valence-electron chi connectivity index (χ2n) is 4.33. The van der Waals surface area contributed by atoms with Crippen molar-refractivity contribution in [1.29, 1.82) is 0 Å². The lowest BCUT2D eigenvalue weighted by Crippen LogP contribution is -1.99. The number of benzene rings is 1. The molecule has 0 unspecified atom stereocenters. The minimum Gasteiger partial charge on any atom is -0.493 e. The van der Waals surface area contributed by atoms with Crippen LogP contribution in [-0.4, -0.2) is 15.1 Å². The van der Waals surface area contributed by atoms with Crippen LogP contribution in [-0.2, 0) is 0 Å². The summed E-state index contributed by atoms with van der Waals surface area (Å²) in [7, 11) is 0. The smallest absolute Gasteiger partial charge is 0.211 e. The zero-order valence-electron chi connectivity index (χ0n) is 10.3. The molecular weight excluding hydrogens is 276 g/mol. The van der Waals surface area contributed by atoms with Crippen LogP contribution in [0, 0.1) is 0 Å². The largest absolute Gasteiger partial charge is 0.493 e. The molecule has 0 aliphatic rings. The van der Waals surface area contributed by atoms with Gasteiger partial charge in [-0.3, -0.25) is 0 Å². The van der Waals surface area contributed by atoms with E-state index in [0.29, 0.717) is 27.5 Å². The fourth-order valence-corrected chi connectivity index (χ4v) is 2.37. The van der Waals surface area contributed by atoms with Gasteiger partial charge in [0.25, 0.3) is 0 Å². The number of nitrogen functional groups attached to an aromatic ring is 2. The Hall–Kier alpha value is -2.53. The van der Waals surface area contributed by atoms with E-state index in [4.69, 9.17) is 23.1 Å². The molecule has 6 heteroatoms. The average molecular weight is 287 g/mol. The summed E-state index contributed by atoms with van der Waals surface area (Å²) in [6.45, 7) is 0. The van der Waals surface area contributed by atoms with Crippen molar-refractivity contribution in [1.82, 2.24) is 9.97 Å². The highest BCUT2D eigenvalue weighted by atomic mass is 35.5. The zero-order chi connectivity index (χ0) is 14.3. The van der Waals surface area contributed by atoms with Crippen molar-refractivity contribution < 1.29 is 5.11 Å². The molecule has 20 heavy (non-hydrogen) atoms. The number of hydrogen-bond acceptors (Lipinski definition) is 5. The van der Waals surface area contributed by atoms with Gasteiger partial charge in [-0.25, -0.2) is 9.97 Å². The lowest BCUT2D eigenvalue weighted by atomic mass is 10.0. The third-order valence-electron chi connectivity index (χ3n) is 3.01. The van der Waals surface area contributed by atoms with E-state index in [1.165, 1.54) is 6.07 Å². The second-order valence-corrected chi connectivity index (χ2v) is 4.74. The first-order chi connectivity index (χ1) is 9.56. The predicted octanol–water partition coefficient (Wildman–Crippen LogP) is 2.82. The highest BCUT2D eigenvalue weighted by Gasteiger charge is 2.14. The maximum atomic E-state index is 9.58. The monoisotopic (exact) mass is 286 g/mol. The first kappa shape index (κ1) is 12.5. The van der Waals surface area contributed by atoms with E-state index >= 15 is 0 Å². The van der Waals surface area contributed by atoms with Gasteiger partial charge in [-0.2, -0.15) is 0 Å². The number of hydrogen-bond donors (Lipinski definition) is 3. The maximum Gasteiger partial charge on any atom is 0.211 e. The van der Waals surface area contributed by atoms with Crippen molar-refractivity contribution in [2.45, 2.75) is 0 Å². The van der Waals surface area contributed by atoms with E-state index in [2.05, 4.69) is 9.97 Å². The third-order valence-corrected chi connectivity index (χ3v) is 3.33. The summed E-state index contributed by atoms with van der Waals surface area (Å²) < 4.78 is 0. The van der Waals surface area contributed by atoms with Crippen LogP contribution in [0.3, 0.4) is 0 Å². The van der Waals surface area contributed by atoms with Gasteiger partial charge in [0, 0.05) is 22.6 Å². The van der Waals surface area contributed by atoms with Crippen LogP contribution >= 0.6 is 11.6 Å². The molecule has 5 N–H and O–H groups in total. The van der Waals surface area contributed by atoms with Crippen molar-refractivity contribution in [3.63, 3.8) is 0 Å². The van der Waals surface area contributed by atoms with Gasteiger partial charge in [0.05, 0.1) is 10.5 Å². The number of nitrogens with zero attached hydrogens (tertiary/aromatic N) is 2. The third kappa shape index (κ3) is 1.98. The van der Waals surface area contributed by atoms with Crippen LogP contribution in [0.2, 0.25) is 5.02 Å². The van der Waals surface area contributed by atoms with E-state index in [-0.39, 0.29) is 11.7 Å². The molecule has 5 nitrogen and oxygen atoms in total. The lowest BCUT2D eigenvalue weighted by Gasteiger charge is -2.11. The van der Waals surface area contributed by atoms with Gasteiger partial charge >= 0.3 is 0 Å². The van der Waals surface area contributed by atoms with Crippen molar-refractivity contribution in [2.75, 3.05) is 11.5 Å². The fraction of sp³-hybridized carbons (Fsp3) is 0. The van der Waals surface area contributed by atoms with Crippen LogP contribution in [0.1, 0.15) is 0 Å². The SMILES string of the molecule is Nc1ccc(-c2c(Cl)ccc3ccc(O)nc23)c(N)n1. The van der Waals surface area contributed by atoms with Crippen LogP contribution in [0.15, 0.2) is 36.4 Å². The topological polar surface area (TPSA) is 98.0 Å². The molecule has 0 atom stereocenters. The Morgan fingerprint density at radius 1 is 0.950 bits per heavy atom. The molecule has 2 aromatic heterocycles. The van der Waals surface area contributed by atoms with Gasteiger partial charge in [0.2, 0.25) is 5.88 Å². The van der Waals surface area contributed by atoms with Crippen molar-refractivity contribution in [3.05, 3.63) is 41.4 Å². The van der Waals surface area contributed by atoms with Crippen LogP contribution < -0.4 is 11.5 Å². The molecule has 0 radical (unpaired) electrons. The summed E-state index contributed by atoms with van der Waals surface area (Å²) in [5, 5.41) is 10.9. The summed E-state index contributed by atoms with van der Waals surface area (Å²) in [6.07, 6.45) is 0. The molecule has 0 saturated heterocycles. The van der Waals surface area contributed by atoms with Gasteiger partial charge in [-0.1, -0.05) is 17.7 Å². The highest BCUT2D eigenvalue weighted by molar-refractivity contribution is 6.35. The Kier molecular flexibility index (Phi) is 2.84. The Labute approximate surface area is 119 Å². The van der Waals surface area contributed by atoms with Gasteiger partial charge < -0.3 is 16.6 Å². The van der Waals surface area contributed by atoms with Gasteiger partial charge in [-0.05, 0) is 24.3 Å². The molecular formula is C14H11ClN4O. The average Bonchev–Trinajstić information content (AvgIpc) is 2.40. The highest BCUT2D eigenvalue weighted by Crippen LogP contribution is 2.37. The number of pyridine rings is 2. The normalized spacial score (nSPS) is 10.8. The number of nitrogens with two attached hydrogens (primary N) is 2. The van der Waals surface area contributed by atoms with Crippen LogP contribution in [0.4, 0.5) is 11.6 Å². The van der Waals surface area contributed by atoms with E-state index in [1.54, 1.807) is 24.3 Å². The predicted molar refractivity (Wildman–Crippen MR) is 80.5 cm³/mol. The minimum atomic E-state index is -0.0806. The molecule has 0 bridgehead atoms. The molecule has 0 fully saturated rings. The molecule has 0 saturated carbocycles. The summed E-state index contributed by atoms with van der Waals surface area (Å²) >= 11 is 6.27. The first-order valence-electron chi connectivity index (χ1n) is 5.87. The maximum absolute atomic E-state index is 9.58. The summed E-state index contributed by atoms with van der Waals surface area (Å²) in [5.74, 6) is 0.519. The van der Waals surface area contributed by atoms with Crippen LogP contribution in [0.25, 0.3) is 22.0 Å². The number of halogens is 1. The Morgan fingerprint density at radius 2 is 1.70 bits per heavy atom. The molecule has 0 spiro atoms. The quantitative estimate of drug-likeness (QED) is 0.639. The first-order valence-corrected chi connectivity index (χ1v) is 6.24. The molecule has 100 valence electrons. The standard InChI is InChI=1S/C14H11ClN4O/c15-9-4-1-7-2-6-11(20)19-13(7)12(9)8-3-5-10(16)18-14(8)17/h1-6H,(H,19,20)(H4,16,17,18). The van der Waals surface area contributed by atoms with Crippen molar-refractivity contribution in [2.24, 2.45) is 0 Å². The fourth-order valence-electron chi connectivity index (χ4n) is 2.11. The van der Waals surface area contributed by atoms with Gasteiger partial charge in [0.1, 0.15) is 11.6 Å². The van der Waals surface area contributed by atoms with Crippen molar-refractivity contribution in [3.8, 4) is 17.0 Å². The summed E-state index contributed by atoms with van der Waals surface area (Å²) in [6, 6.07) is 10.2. The Morgan fingerprint density at radius 3 is 2.45 bits per heavy atom. The number of aromatic hydroxyl groups is 1. The zero-order valence-corrected chi connectivity index (χ0v) is 11.1. The van der Waals surface area contributed by atoms with Crippen molar-refractivity contribution >= 4 is 34.1 Å². The minimum absolute atomic E-state index is 0.0806. The number of fused-ring (bicyclic) bond motifs is 1. The summed E-state index contributed by atoms with van der Waals surface area (Å²) in [5.41, 5.74) is 13.3. The molecule has 0 aliphatic heterocycles. The summed E-state index contributed by atoms with van der Waals surface area (Å²) in [4.78, 5) is 8.16. The van der Waals surface area contributed by atoms with Gasteiger partial charge in [0.15, 0.2) is 0 Å². The lowest BCUT2D eigenvalue weighted by molar-refractivity contribution is 0.456. The van der Waals surface area contributed by atoms with E-state index in [9.17, 15) is 5.11 Å². The molecule has 0 amide bonds. The molecule has 1 aromatic carbocycles. The molecule has 3 rings (SSSR count). The molecule has 0 aliphatic carbocycles. The Balaban J connectivity index is 2.40. The number of aromatic nitrogens is 2. The Bertz CT molecular complexity index is 814. The molecule has 3 aromatic rings. The van der Waals surface area contributed by atoms with Gasteiger partial charge in [-0.15, -0.1) is 0 Å². The number of rotatable bonds is 1. The van der Waals surface area contributed by atoms with E-state index < -0.39 is 0 Å². The van der Waals surface area contributed by atoms with Crippen LogP contribution in [0.5, 0.6) is 5.88 Å². The van der Waals surface area contributed by atoms with E-state index in [0.717, 1.165) is 5.39 Å². The molecule has 2 heterocycles. The number of anilines is 2. The second kappa shape index (κ2) is 4.54. The van der Waals surface area contributed by atoms with E-state index in [1.807, 2.05) is 6.07 Å².